The number of hydrogen-bond donors (Lipinski definition) is 1. The fraction of sp³-hybridized carbons (Fsp3) is 0.889. The highest BCUT2D eigenvalue weighted by Crippen LogP contribution is 2.38. The number of carboxylic acids is 1. The number of fused-ring (bicyclic) bond motifs is 2. The molecule has 3 atom stereocenters. The van der Waals surface area contributed by atoms with Crippen LogP contribution in [0, 0.1) is 0 Å². The summed E-state index contributed by atoms with van der Waals surface area (Å²) in [6, 6.07) is 0. The molecule has 0 aromatic rings. The van der Waals surface area contributed by atoms with Crippen molar-refractivity contribution in [1.82, 2.24) is 0 Å². The van der Waals surface area contributed by atoms with Crippen LogP contribution in [0.4, 0.5) is 0 Å². The highest BCUT2D eigenvalue weighted by atomic mass is 28.4. The van der Waals surface area contributed by atoms with Gasteiger partial charge in [-0.1, -0.05) is 13.8 Å². The molecule has 0 aliphatic carbocycles. The predicted octanol–water partition coefficient (Wildman–Crippen LogP) is 1.01. The zero-order valence-corrected chi connectivity index (χ0v) is 9.93. The van der Waals surface area contributed by atoms with Crippen LogP contribution in [0.1, 0.15) is 26.7 Å². The zero-order chi connectivity index (χ0) is 11.1. The van der Waals surface area contributed by atoms with Gasteiger partial charge in [0.1, 0.15) is 0 Å². The van der Waals surface area contributed by atoms with Gasteiger partial charge in [-0.25, -0.2) is 4.79 Å². The second-order valence-corrected chi connectivity index (χ2v) is 7.40. The van der Waals surface area contributed by atoms with Crippen molar-refractivity contribution in [3.8, 4) is 0 Å². The molecule has 2 fully saturated rings. The molecule has 0 aromatic carbocycles. The first-order valence-electron chi connectivity index (χ1n) is 5.27. The van der Waals surface area contributed by atoms with E-state index in [-0.39, 0.29) is 11.6 Å². The quantitative estimate of drug-likeness (QED) is 0.720. The van der Waals surface area contributed by atoms with Crippen LogP contribution in [0.5, 0.6) is 0 Å². The van der Waals surface area contributed by atoms with Crippen LogP contribution in [0.2, 0.25) is 5.54 Å². The molecular formula is C9H16O5Si. The Morgan fingerprint density at radius 1 is 1.47 bits per heavy atom. The van der Waals surface area contributed by atoms with Crippen molar-refractivity contribution >= 4 is 14.8 Å². The monoisotopic (exact) mass is 232 g/mol. The lowest BCUT2D eigenvalue weighted by molar-refractivity contribution is -0.146. The third-order valence-corrected chi connectivity index (χ3v) is 6.07. The van der Waals surface area contributed by atoms with Gasteiger partial charge in [0.25, 0.3) is 0 Å². The summed E-state index contributed by atoms with van der Waals surface area (Å²) < 4.78 is 17.0. The highest BCUT2D eigenvalue weighted by Gasteiger charge is 2.59. The molecule has 3 unspecified atom stereocenters. The number of carboxylic acid groups (broad SMARTS) is 1. The summed E-state index contributed by atoms with van der Waals surface area (Å²) in [6.07, 6.45) is 0.399. The van der Waals surface area contributed by atoms with Crippen molar-refractivity contribution in [3.05, 3.63) is 0 Å². The van der Waals surface area contributed by atoms with Crippen molar-refractivity contribution in [3.63, 3.8) is 0 Å². The van der Waals surface area contributed by atoms with Crippen LogP contribution < -0.4 is 0 Å². The lowest BCUT2D eigenvalue weighted by Gasteiger charge is -2.25. The summed E-state index contributed by atoms with van der Waals surface area (Å²) in [5, 5.41) is 9.01. The van der Waals surface area contributed by atoms with E-state index < -0.39 is 20.9 Å². The second-order valence-electron chi connectivity index (χ2n) is 4.28. The Labute approximate surface area is 89.7 Å². The van der Waals surface area contributed by atoms with Gasteiger partial charge in [-0.15, -0.1) is 0 Å². The van der Waals surface area contributed by atoms with Crippen molar-refractivity contribution < 1.29 is 23.2 Å². The normalized spacial score (nSPS) is 40.5. The van der Waals surface area contributed by atoms with Crippen LogP contribution in [-0.2, 0) is 18.1 Å². The van der Waals surface area contributed by atoms with Crippen LogP contribution in [0.25, 0.3) is 0 Å². The van der Waals surface area contributed by atoms with E-state index in [1.54, 1.807) is 0 Å². The average Bonchev–Trinajstić information content (AvgIpc) is 2.36. The smallest absolute Gasteiger partial charge is 0.479 e. The van der Waals surface area contributed by atoms with Crippen molar-refractivity contribution in [2.75, 3.05) is 6.61 Å². The molecule has 2 aliphatic heterocycles. The molecule has 0 radical (unpaired) electrons. The summed E-state index contributed by atoms with van der Waals surface area (Å²) in [5.74, 6) is -0.944. The van der Waals surface area contributed by atoms with Gasteiger partial charge in [-0.05, 0) is 12.8 Å². The van der Waals surface area contributed by atoms with E-state index in [1.807, 2.05) is 13.8 Å². The first-order valence-corrected chi connectivity index (χ1v) is 7.08. The molecular weight excluding hydrogens is 216 g/mol. The van der Waals surface area contributed by atoms with Gasteiger partial charge in [-0.3, -0.25) is 0 Å². The minimum absolute atomic E-state index is 0.113. The molecule has 0 saturated carbocycles. The van der Waals surface area contributed by atoms with Crippen molar-refractivity contribution in [1.29, 1.82) is 0 Å². The lowest BCUT2D eigenvalue weighted by Crippen LogP contribution is -2.45. The van der Waals surface area contributed by atoms with E-state index in [4.69, 9.17) is 18.4 Å². The molecule has 2 aliphatic rings. The van der Waals surface area contributed by atoms with E-state index in [0.29, 0.717) is 13.0 Å². The topological polar surface area (TPSA) is 65.0 Å². The van der Waals surface area contributed by atoms with E-state index >= 15 is 0 Å². The number of rotatable bonds is 2. The van der Waals surface area contributed by atoms with E-state index in [1.165, 1.54) is 0 Å². The SMILES string of the molecule is CC(C)[Si]12OCCCC(O1)C(C(=O)O)O2. The van der Waals surface area contributed by atoms with Gasteiger partial charge in [0.15, 0.2) is 6.10 Å². The van der Waals surface area contributed by atoms with E-state index in [9.17, 15) is 4.79 Å². The van der Waals surface area contributed by atoms with Crippen molar-refractivity contribution in [2.24, 2.45) is 0 Å². The van der Waals surface area contributed by atoms with E-state index in [2.05, 4.69) is 0 Å². The Bertz CT molecular complexity index is 269. The van der Waals surface area contributed by atoms with Crippen LogP contribution in [-0.4, -0.2) is 38.7 Å². The number of hydrogen-bond acceptors (Lipinski definition) is 4. The summed E-state index contributed by atoms with van der Waals surface area (Å²) in [4.78, 5) is 11.0. The van der Waals surface area contributed by atoms with Crippen LogP contribution in [0.15, 0.2) is 0 Å². The van der Waals surface area contributed by atoms with Gasteiger partial charge in [0.2, 0.25) is 0 Å². The molecule has 0 amide bonds. The Morgan fingerprint density at radius 3 is 2.80 bits per heavy atom. The third kappa shape index (κ3) is 1.82. The maximum Gasteiger partial charge on any atom is 0.504 e. The van der Waals surface area contributed by atoms with Gasteiger partial charge < -0.3 is 18.4 Å². The van der Waals surface area contributed by atoms with Gasteiger partial charge in [-0.2, -0.15) is 0 Å². The number of carbonyl (C=O) groups is 1. The molecule has 15 heavy (non-hydrogen) atoms. The molecule has 2 saturated heterocycles. The first kappa shape index (κ1) is 11.1. The molecule has 2 rings (SSSR count). The molecule has 0 aromatic heterocycles. The van der Waals surface area contributed by atoms with E-state index in [0.717, 1.165) is 6.42 Å². The zero-order valence-electron chi connectivity index (χ0n) is 8.93. The molecule has 0 spiro atoms. The van der Waals surface area contributed by atoms with Gasteiger partial charge >= 0.3 is 14.8 Å². The van der Waals surface area contributed by atoms with Crippen LogP contribution >= 0.6 is 0 Å². The molecule has 6 heteroatoms. The molecule has 5 nitrogen and oxygen atoms in total. The fourth-order valence-electron chi connectivity index (χ4n) is 1.98. The first-order chi connectivity index (χ1) is 7.05. The van der Waals surface area contributed by atoms with Crippen LogP contribution in [0.3, 0.4) is 0 Å². The number of aliphatic carboxylic acids is 1. The second kappa shape index (κ2) is 3.86. The van der Waals surface area contributed by atoms with Gasteiger partial charge in [0.05, 0.1) is 6.10 Å². The minimum atomic E-state index is -2.72. The minimum Gasteiger partial charge on any atom is -0.479 e. The molecule has 2 heterocycles. The molecule has 1 N–H and O–H groups in total. The summed E-state index contributed by atoms with van der Waals surface area (Å²) in [7, 11) is -2.72. The standard InChI is InChI=1S/C9H16O5Si/c1-6(2)15-12-5-3-4-7(13-15)8(14-15)9(10)11/h6-8H,3-5H2,1-2H3,(H,10,11). The summed E-state index contributed by atoms with van der Waals surface area (Å²) >= 11 is 0. The van der Waals surface area contributed by atoms with Crippen molar-refractivity contribution in [2.45, 2.75) is 44.4 Å². The Morgan fingerprint density at radius 2 is 2.20 bits per heavy atom. The Kier molecular flexibility index (Phi) is 2.85. The summed E-state index contributed by atoms with van der Waals surface area (Å²) in [6.45, 7) is 4.53. The molecule has 2 bridgehead atoms. The third-order valence-electron chi connectivity index (χ3n) is 2.83. The maximum atomic E-state index is 11.0. The van der Waals surface area contributed by atoms with Gasteiger partial charge in [0, 0.05) is 12.1 Å². The Hall–Kier alpha value is -0.433. The largest absolute Gasteiger partial charge is 0.504 e. The fourth-order valence-corrected chi connectivity index (χ4v) is 4.75. The lowest BCUT2D eigenvalue weighted by atomic mass is 10.1. The molecule has 86 valence electrons. The predicted molar refractivity (Wildman–Crippen MR) is 53.4 cm³/mol. The maximum absolute atomic E-state index is 11.0. The summed E-state index contributed by atoms with van der Waals surface area (Å²) in [5.41, 5.74) is 0.113. The Balaban J connectivity index is 2.22. The highest BCUT2D eigenvalue weighted by molar-refractivity contribution is 6.63. The average molecular weight is 232 g/mol.